The van der Waals surface area contributed by atoms with Crippen molar-refractivity contribution in [2.45, 2.75) is 91.5 Å². The van der Waals surface area contributed by atoms with Crippen molar-refractivity contribution in [3.63, 3.8) is 0 Å². The van der Waals surface area contributed by atoms with Gasteiger partial charge in [-0.25, -0.2) is 4.79 Å². The third kappa shape index (κ3) is 12.7. The summed E-state index contributed by atoms with van der Waals surface area (Å²) < 4.78 is 0. The number of aliphatic hydroxyl groups excluding tert-OH is 1. The summed E-state index contributed by atoms with van der Waals surface area (Å²) >= 11 is 0. The molecule has 0 bridgehead atoms. The normalized spacial score (nSPS) is 13.6. The van der Waals surface area contributed by atoms with Crippen LogP contribution in [0.25, 0.3) is 0 Å². The van der Waals surface area contributed by atoms with Gasteiger partial charge in [-0.3, -0.25) is 9.59 Å². The maximum Gasteiger partial charge on any atom is 0.317 e. The lowest BCUT2D eigenvalue weighted by atomic mass is 10.00. The molecule has 0 saturated heterocycles. The Balaban J connectivity index is 3.15. The average Bonchev–Trinajstić information content (AvgIpc) is 2.78. The first-order valence-corrected chi connectivity index (χ1v) is 13.6. The Labute approximate surface area is 229 Å². The first-order valence-electron chi connectivity index (χ1n) is 13.6. The Kier molecular flexibility index (Phi) is 13.2. The first-order chi connectivity index (χ1) is 17.5. The highest BCUT2D eigenvalue weighted by molar-refractivity contribution is 5.86. The zero-order valence-corrected chi connectivity index (χ0v) is 24.9. The van der Waals surface area contributed by atoms with E-state index in [0.29, 0.717) is 18.9 Å². The molecule has 0 saturated carbocycles. The number of amides is 4. The van der Waals surface area contributed by atoms with E-state index in [0.717, 1.165) is 12.0 Å². The highest BCUT2D eigenvalue weighted by Gasteiger charge is 2.31. The van der Waals surface area contributed by atoms with Gasteiger partial charge in [0.25, 0.3) is 0 Å². The number of nitrogens with zero attached hydrogens (tertiary/aromatic N) is 2. The largest absolute Gasteiger partial charge is 0.389 e. The molecular formula is C29H51N5O4. The summed E-state index contributed by atoms with van der Waals surface area (Å²) in [6.07, 6.45) is 0.147. The Morgan fingerprint density at radius 2 is 1.61 bits per heavy atom. The lowest BCUT2D eigenvalue weighted by Crippen LogP contribution is -2.57. The summed E-state index contributed by atoms with van der Waals surface area (Å²) in [6, 6.07) is 8.69. The third-order valence-electron chi connectivity index (χ3n) is 6.00. The number of nitrogens with one attached hydrogen (secondary N) is 3. The smallest absolute Gasteiger partial charge is 0.317 e. The Hall–Kier alpha value is -2.65. The quantitative estimate of drug-likeness (QED) is 0.311. The number of rotatable bonds is 13. The number of hydrogen-bond acceptors (Lipinski definition) is 5. The van der Waals surface area contributed by atoms with Gasteiger partial charge in [-0.1, -0.05) is 44.2 Å². The summed E-state index contributed by atoms with van der Waals surface area (Å²) in [7, 11) is 1.69. The fourth-order valence-corrected chi connectivity index (χ4v) is 3.94. The van der Waals surface area contributed by atoms with Gasteiger partial charge in [0.1, 0.15) is 6.54 Å². The number of carbonyl (C=O) groups excluding carboxylic acids is 3. The van der Waals surface area contributed by atoms with Crippen LogP contribution in [0.5, 0.6) is 0 Å². The summed E-state index contributed by atoms with van der Waals surface area (Å²) in [5.74, 6) is -0.165. The number of hydrogen-bond donors (Lipinski definition) is 4. The van der Waals surface area contributed by atoms with Gasteiger partial charge in [0.2, 0.25) is 11.8 Å². The van der Waals surface area contributed by atoms with Gasteiger partial charge in [0.15, 0.2) is 0 Å². The van der Waals surface area contributed by atoms with Gasteiger partial charge in [0, 0.05) is 17.6 Å². The highest BCUT2D eigenvalue weighted by Crippen LogP contribution is 2.15. The molecule has 0 aromatic heterocycles. The second-order valence-corrected chi connectivity index (χ2v) is 12.4. The molecule has 9 heteroatoms. The standard InChI is InChI=1S/C29H51N5O4/c1-21(2)15-16-33(27(38)32-28(3,4)5)19-24(35)23(17-22-13-11-10-12-14-22)31-25(36)20-34(29(6,7)8)26(37)18-30-9/h10-14,21,23-24,30,35H,15-20H2,1-9H3,(H,31,36)(H,32,38)/t23-,24?/m0/s1. The molecule has 2 atom stereocenters. The monoisotopic (exact) mass is 533 g/mol. The van der Waals surface area contributed by atoms with Gasteiger partial charge in [0.05, 0.1) is 25.2 Å². The molecule has 4 amide bonds. The molecule has 0 fully saturated rings. The van der Waals surface area contributed by atoms with E-state index in [9.17, 15) is 19.5 Å². The van der Waals surface area contributed by atoms with Crippen molar-refractivity contribution >= 4 is 17.8 Å². The fourth-order valence-electron chi connectivity index (χ4n) is 3.94. The van der Waals surface area contributed by atoms with Gasteiger partial charge in [-0.2, -0.15) is 0 Å². The molecule has 0 aliphatic carbocycles. The summed E-state index contributed by atoms with van der Waals surface area (Å²) in [5, 5.41) is 20.2. The number of aliphatic hydroxyl groups is 1. The molecule has 0 aliphatic rings. The third-order valence-corrected chi connectivity index (χ3v) is 6.00. The van der Waals surface area contributed by atoms with Crippen molar-refractivity contribution in [2.24, 2.45) is 5.92 Å². The van der Waals surface area contributed by atoms with Crippen LogP contribution in [0.4, 0.5) is 4.79 Å². The van der Waals surface area contributed by atoms with E-state index in [1.165, 1.54) is 4.90 Å². The summed E-state index contributed by atoms with van der Waals surface area (Å²) in [6.45, 7) is 16.1. The van der Waals surface area contributed by atoms with Crippen LogP contribution in [-0.4, -0.2) is 89.2 Å². The SMILES string of the molecule is CNCC(=O)N(CC(=O)N[C@@H](Cc1ccccc1)C(O)CN(CCC(C)C)C(=O)NC(C)(C)C)C(C)(C)C. The number of carbonyl (C=O) groups is 3. The fraction of sp³-hybridized carbons (Fsp3) is 0.690. The van der Waals surface area contributed by atoms with Crippen molar-refractivity contribution in [1.82, 2.24) is 25.8 Å². The highest BCUT2D eigenvalue weighted by atomic mass is 16.3. The van der Waals surface area contributed by atoms with E-state index in [-0.39, 0.29) is 37.5 Å². The van der Waals surface area contributed by atoms with E-state index >= 15 is 0 Å². The zero-order valence-electron chi connectivity index (χ0n) is 24.9. The lowest BCUT2D eigenvalue weighted by molar-refractivity contribution is -0.140. The van der Waals surface area contributed by atoms with E-state index in [1.807, 2.05) is 71.9 Å². The molecular weight excluding hydrogens is 482 g/mol. The Bertz CT molecular complexity index is 877. The van der Waals surface area contributed by atoms with E-state index < -0.39 is 23.2 Å². The Morgan fingerprint density at radius 1 is 1.00 bits per heavy atom. The topological polar surface area (TPSA) is 114 Å². The minimum absolute atomic E-state index is 0.0636. The van der Waals surface area contributed by atoms with Crippen molar-refractivity contribution in [3.05, 3.63) is 35.9 Å². The van der Waals surface area contributed by atoms with Crippen LogP contribution in [0.2, 0.25) is 0 Å². The molecule has 9 nitrogen and oxygen atoms in total. The van der Waals surface area contributed by atoms with Gasteiger partial charge >= 0.3 is 6.03 Å². The number of benzene rings is 1. The van der Waals surface area contributed by atoms with Gasteiger partial charge in [-0.05, 0) is 72.9 Å². The molecule has 0 aliphatic heterocycles. The molecule has 1 rings (SSSR count). The van der Waals surface area contributed by atoms with E-state index in [2.05, 4.69) is 29.8 Å². The number of likely N-dealkylation sites (N-methyl/N-ethyl adjacent to an activating group) is 1. The lowest BCUT2D eigenvalue weighted by Gasteiger charge is -2.36. The van der Waals surface area contributed by atoms with Crippen LogP contribution in [0.3, 0.4) is 0 Å². The predicted molar refractivity (Wildman–Crippen MR) is 153 cm³/mol. The maximum absolute atomic E-state index is 13.2. The van der Waals surface area contributed by atoms with Crippen LogP contribution in [0, 0.1) is 5.92 Å². The molecule has 4 N–H and O–H groups in total. The maximum atomic E-state index is 13.2. The van der Waals surface area contributed by atoms with Crippen molar-refractivity contribution in [1.29, 1.82) is 0 Å². The molecule has 0 radical (unpaired) electrons. The second kappa shape index (κ2) is 15.1. The van der Waals surface area contributed by atoms with Gasteiger partial charge in [-0.15, -0.1) is 0 Å². The predicted octanol–water partition coefficient (Wildman–Crippen LogP) is 2.78. The van der Waals surface area contributed by atoms with Gasteiger partial charge < -0.3 is 30.9 Å². The minimum Gasteiger partial charge on any atom is -0.389 e. The van der Waals surface area contributed by atoms with E-state index in [4.69, 9.17) is 0 Å². The van der Waals surface area contributed by atoms with E-state index in [1.54, 1.807) is 11.9 Å². The molecule has 216 valence electrons. The molecule has 1 unspecified atom stereocenters. The molecule has 1 aromatic carbocycles. The summed E-state index contributed by atoms with van der Waals surface area (Å²) in [4.78, 5) is 42.1. The molecule has 38 heavy (non-hydrogen) atoms. The van der Waals surface area contributed by atoms with Crippen LogP contribution in [-0.2, 0) is 16.0 Å². The van der Waals surface area contributed by atoms with Crippen molar-refractivity contribution < 1.29 is 19.5 Å². The van der Waals surface area contributed by atoms with Crippen molar-refractivity contribution in [2.75, 3.05) is 33.2 Å². The van der Waals surface area contributed by atoms with Crippen LogP contribution >= 0.6 is 0 Å². The van der Waals surface area contributed by atoms with Crippen LogP contribution in [0.15, 0.2) is 30.3 Å². The average molecular weight is 534 g/mol. The second-order valence-electron chi connectivity index (χ2n) is 12.4. The van der Waals surface area contributed by atoms with Crippen molar-refractivity contribution in [3.8, 4) is 0 Å². The Morgan fingerprint density at radius 3 is 2.11 bits per heavy atom. The van der Waals surface area contributed by atoms with Crippen LogP contribution in [0.1, 0.15) is 67.4 Å². The molecule has 1 aromatic rings. The zero-order chi connectivity index (χ0) is 29.1. The summed E-state index contributed by atoms with van der Waals surface area (Å²) in [5.41, 5.74) is -0.0347. The van der Waals surface area contributed by atoms with Crippen LogP contribution < -0.4 is 16.0 Å². The minimum atomic E-state index is -1.02. The molecule has 0 heterocycles. The first kappa shape index (κ1) is 33.4. The molecule has 0 spiro atoms. The number of urea groups is 1.